The van der Waals surface area contributed by atoms with E-state index in [-0.39, 0.29) is 23.1 Å². The Morgan fingerprint density at radius 2 is 2.06 bits per heavy atom. The molecule has 1 heterocycles. The van der Waals surface area contributed by atoms with Gasteiger partial charge in [0.05, 0.1) is 0 Å². The van der Waals surface area contributed by atoms with Crippen LogP contribution < -0.4 is 0 Å². The van der Waals surface area contributed by atoms with Crippen LogP contribution in [-0.2, 0) is 40.9 Å². The Morgan fingerprint density at radius 1 is 1.39 bits per heavy atom. The van der Waals surface area contributed by atoms with E-state index in [0.29, 0.717) is 26.1 Å². The van der Waals surface area contributed by atoms with Crippen molar-refractivity contribution in [1.82, 2.24) is 4.31 Å². The van der Waals surface area contributed by atoms with E-state index >= 15 is 0 Å². The molecule has 0 bridgehead atoms. The molecule has 0 N–H and O–H groups in total. The van der Waals surface area contributed by atoms with E-state index in [1.54, 1.807) is 18.2 Å². The summed E-state index contributed by atoms with van der Waals surface area (Å²) in [6, 6.07) is 6.30. The fourth-order valence-electron chi connectivity index (χ4n) is 1.88. The van der Waals surface area contributed by atoms with Crippen LogP contribution in [0.4, 0.5) is 0 Å². The maximum atomic E-state index is 12.2. The molecule has 1 aliphatic rings. The van der Waals surface area contributed by atoms with Crippen molar-refractivity contribution < 1.29 is 44.1 Å². The summed E-state index contributed by atoms with van der Waals surface area (Å²) in [5.41, 5.74) is 0.255. The normalized spacial score (nSPS) is 18.8. The Kier molecular flexibility index (Phi) is 4.08. The summed E-state index contributed by atoms with van der Waals surface area (Å²) in [6.45, 7) is 0.107. The standard InChI is InChI=1S/C11H12NO4S.Hg/c1-8(16-2)7-12-11(13)9-5-3-4-6-10(9)17(12,14)15;/h3-6,8H,1,7H2,2H3;/q;+1. The van der Waals surface area contributed by atoms with Gasteiger partial charge in [0.25, 0.3) is 0 Å². The third kappa shape index (κ3) is 2.21. The van der Waals surface area contributed by atoms with E-state index in [9.17, 15) is 13.2 Å². The Balaban J connectivity index is 2.39. The number of methoxy groups -OCH3 is 1. The molecule has 0 saturated carbocycles. The van der Waals surface area contributed by atoms with Gasteiger partial charge in [-0.05, 0) is 0 Å². The average molecular weight is 455 g/mol. The molecule has 0 aliphatic carbocycles. The van der Waals surface area contributed by atoms with E-state index in [2.05, 4.69) is 0 Å². The van der Waals surface area contributed by atoms with Crippen molar-refractivity contribution in [3.05, 3.63) is 29.8 Å². The first-order valence-electron chi connectivity index (χ1n) is 5.50. The Bertz CT molecular complexity index is 568. The summed E-state index contributed by atoms with van der Waals surface area (Å²) < 4.78 is 31.4. The number of sulfonamides is 1. The first-order chi connectivity index (χ1) is 8.52. The molecule has 1 aromatic carbocycles. The SMILES string of the molecule is COC([CH2][Hg+])CN1C(=O)c2ccccc2S1(=O)=O. The molecule has 0 radical (unpaired) electrons. The van der Waals surface area contributed by atoms with Gasteiger partial charge < -0.3 is 0 Å². The van der Waals surface area contributed by atoms with Crippen LogP contribution in [0.2, 0.25) is 3.93 Å². The second kappa shape index (κ2) is 5.26. The van der Waals surface area contributed by atoms with Gasteiger partial charge in [-0.25, -0.2) is 0 Å². The zero-order valence-electron chi connectivity index (χ0n) is 10.00. The van der Waals surface area contributed by atoms with E-state index < -0.39 is 15.9 Å². The van der Waals surface area contributed by atoms with E-state index in [0.717, 1.165) is 8.23 Å². The summed E-state index contributed by atoms with van der Waals surface area (Å²) in [5.74, 6) is -0.450. The number of nitrogens with zero attached hydrogens (tertiary/aromatic N) is 1. The number of carbonyl (C=O) groups excluding carboxylic acids is 1. The number of benzene rings is 1. The second-order valence-electron chi connectivity index (χ2n) is 3.98. The fraction of sp³-hybridized carbons (Fsp3) is 0.364. The van der Waals surface area contributed by atoms with Crippen molar-refractivity contribution in [2.75, 3.05) is 13.7 Å². The van der Waals surface area contributed by atoms with Gasteiger partial charge in [-0.1, -0.05) is 0 Å². The van der Waals surface area contributed by atoms with Gasteiger partial charge in [0, 0.05) is 0 Å². The van der Waals surface area contributed by atoms with Crippen molar-refractivity contribution in [1.29, 1.82) is 0 Å². The van der Waals surface area contributed by atoms with Crippen molar-refractivity contribution >= 4 is 15.9 Å². The fourth-order valence-corrected chi connectivity index (χ4v) is 5.11. The zero-order valence-corrected chi connectivity index (χ0v) is 16.3. The number of amides is 1. The Labute approximate surface area is 122 Å². The average Bonchev–Trinajstić information content (AvgIpc) is 2.57. The number of hydrogen-bond acceptors (Lipinski definition) is 4. The molecule has 1 atom stereocenters. The van der Waals surface area contributed by atoms with Gasteiger partial charge in [-0.2, -0.15) is 0 Å². The number of carbonyl (C=O) groups is 1. The monoisotopic (exact) mass is 456 g/mol. The van der Waals surface area contributed by atoms with Crippen LogP contribution in [0.1, 0.15) is 10.4 Å². The molecule has 0 aromatic heterocycles. The maximum absolute atomic E-state index is 12.2. The van der Waals surface area contributed by atoms with Gasteiger partial charge in [0.2, 0.25) is 0 Å². The summed E-state index contributed by atoms with van der Waals surface area (Å²) in [5, 5.41) is 0. The molecule has 92 valence electrons. The molecule has 1 unspecified atom stereocenters. The van der Waals surface area contributed by atoms with Crippen LogP contribution in [0.5, 0.6) is 0 Å². The second-order valence-corrected chi connectivity index (χ2v) is 8.06. The molecule has 1 aromatic rings. The first-order valence-corrected chi connectivity index (χ1v) is 10.8. The van der Waals surface area contributed by atoms with E-state index in [4.69, 9.17) is 4.74 Å². The number of rotatable bonds is 4. The third-order valence-electron chi connectivity index (χ3n) is 2.94. The molecule has 0 spiro atoms. The third-order valence-corrected chi connectivity index (χ3v) is 7.25. The minimum absolute atomic E-state index is 0.100. The topological polar surface area (TPSA) is 63.7 Å². The number of ether oxygens (including phenoxy) is 1. The van der Waals surface area contributed by atoms with Crippen LogP contribution in [0.25, 0.3) is 0 Å². The summed E-state index contributed by atoms with van der Waals surface area (Å²) in [4.78, 5) is 12.2. The molecule has 1 aliphatic heterocycles. The van der Waals surface area contributed by atoms with Crippen LogP contribution in [-0.4, -0.2) is 38.4 Å². The zero-order chi connectivity index (χ0) is 13.3. The minimum atomic E-state index is -3.69. The van der Waals surface area contributed by atoms with Crippen LogP contribution in [0, 0.1) is 0 Å². The van der Waals surface area contributed by atoms with Gasteiger partial charge in [0.15, 0.2) is 0 Å². The van der Waals surface area contributed by atoms with Crippen molar-refractivity contribution in [3.63, 3.8) is 0 Å². The van der Waals surface area contributed by atoms with Crippen LogP contribution in [0.15, 0.2) is 29.2 Å². The summed E-state index contributed by atoms with van der Waals surface area (Å²) in [6.07, 6.45) is -0.193. The number of hydrogen-bond donors (Lipinski definition) is 0. The Hall–Kier alpha value is -0.465. The predicted molar refractivity (Wildman–Crippen MR) is 60.3 cm³/mol. The van der Waals surface area contributed by atoms with Crippen molar-refractivity contribution in [3.8, 4) is 0 Å². The summed E-state index contributed by atoms with van der Waals surface area (Å²) in [7, 11) is -2.15. The molecule has 5 nitrogen and oxygen atoms in total. The first kappa shape index (κ1) is 14.0. The summed E-state index contributed by atoms with van der Waals surface area (Å²) >= 11 is 0.499. The van der Waals surface area contributed by atoms with Crippen LogP contribution in [0.3, 0.4) is 0 Å². The van der Waals surface area contributed by atoms with Gasteiger partial charge in [-0.15, -0.1) is 0 Å². The molecule has 7 heteroatoms. The molecular formula is C11H12HgNO4S+. The van der Waals surface area contributed by atoms with Crippen molar-refractivity contribution in [2.24, 2.45) is 0 Å². The molecule has 18 heavy (non-hydrogen) atoms. The van der Waals surface area contributed by atoms with E-state index in [1.807, 2.05) is 0 Å². The molecule has 1 amide bonds. The van der Waals surface area contributed by atoms with Crippen molar-refractivity contribution in [2.45, 2.75) is 14.9 Å². The molecule has 0 fully saturated rings. The molecule has 0 saturated heterocycles. The van der Waals surface area contributed by atoms with Crippen LogP contribution >= 0.6 is 0 Å². The molecule has 2 rings (SSSR count). The predicted octanol–water partition coefficient (Wildman–Crippen LogP) is 0.811. The number of fused-ring (bicyclic) bond motifs is 1. The van der Waals surface area contributed by atoms with Gasteiger partial charge in [0.1, 0.15) is 0 Å². The van der Waals surface area contributed by atoms with Gasteiger partial charge in [-0.3, -0.25) is 0 Å². The van der Waals surface area contributed by atoms with Gasteiger partial charge >= 0.3 is 123 Å². The Morgan fingerprint density at radius 3 is 2.61 bits per heavy atom. The van der Waals surface area contributed by atoms with E-state index in [1.165, 1.54) is 13.2 Å². The molecular weight excluding hydrogens is 443 g/mol. The quantitative estimate of drug-likeness (QED) is 0.632.